The highest BCUT2D eigenvalue weighted by molar-refractivity contribution is 7.99. The number of benzene rings is 2. The first-order valence-corrected chi connectivity index (χ1v) is 10.2. The normalized spacial score (nSPS) is 10.7. The molecule has 1 aromatic heterocycles. The van der Waals surface area contributed by atoms with Gasteiger partial charge in [-0.3, -0.25) is 4.79 Å². The molecule has 0 spiro atoms. The summed E-state index contributed by atoms with van der Waals surface area (Å²) in [7, 11) is 1.81. The van der Waals surface area contributed by atoms with Gasteiger partial charge in [0, 0.05) is 17.1 Å². The number of amides is 1. The topological polar surface area (TPSA) is 69.0 Å². The second-order valence-electron chi connectivity index (χ2n) is 5.66. The van der Waals surface area contributed by atoms with Crippen LogP contribution in [-0.4, -0.2) is 26.4 Å². The van der Waals surface area contributed by atoms with E-state index in [9.17, 15) is 4.79 Å². The Morgan fingerprint density at radius 1 is 1.11 bits per heavy atom. The van der Waals surface area contributed by atoms with E-state index in [1.54, 1.807) is 47.0 Å². The number of hydrogen-bond donors (Lipinski definition) is 1. The third-order valence-corrected chi connectivity index (χ3v) is 5.48. The van der Waals surface area contributed by atoms with Crippen LogP contribution in [0.25, 0.3) is 0 Å². The molecule has 0 aliphatic heterocycles. The fourth-order valence-corrected chi connectivity index (χ4v) is 3.38. The van der Waals surface area contributed by atoms with Crippen molar-refractivity contribution in [2.75, 3.05) is 11.1 Å². The van der Waals surface area contributed by atoms with E-state index in [1.807, 2.05) is 7.05 Å². The van der Waals surface area contributed by atoms with Crippen molar-refractivity contribution in [2.45, 2.75) is 11.8 Å². The quantitative estimate of drug-likeness (QED) is 0.501. The highest BCUT2D eigenvalue weighted by atomic mass is 35.5. The van der Waals surface area contributed by atoms with Crippen LogP contribution in [-0.2, 0) is 18.4 Å². The largest absolute Gasteiger partial charge is 0.486 e. The first kappa shape index (κ1) is 20.8. The summed E-state index contributed by atoms with van der Waals surface area (Å²) in [6, 6.07) is 11.9. The molecule has 2 aromatic carbocycles. The van der Waals surface area contributed by atoms with E-state index in [1.165, 1.54) is 11.8 Å². The van der Waals surface area contributed by atoms with Crippen LogP contribution in [0.2, 0.25) is 15.1 Å². The lowest BCUT2D eigenvalue weighted by Crippen LogP contribution is -2.15. The summed E-state index contributed by atoms with van der Waals surface area (Å²) >= 11 is 19.1. The van der Waals surface area contributed by atoms with E-state index in [4.69, 9.17) is 39.5 Å². The summed E-state index contributed by atoms with van der Waals surface area (Å²) in [4.78, 5) is 12.2. The molecule has 6 nitrogen and oxygen atoms in total. The van der Waals surface area contributed by atoms with Crippen molar-refractivity contribution in [1.82, 2.24) is 14.8 Å². The Bertz CT molecular complexity index is 979. The second-order valence-corrected chi connectivity index (χ2v) is 7.88. The Hall–Kier alpha value is -1.93. The third-order valence-electron chi connectivity index (χ3n) is 3.64. The van der Waals surface area contributed by atoms with Crippen LogP contribution >= 0.6 is 46.6 Å². The molecule has 1 heterocycles. The van der Waals surface area contributed by atoms with E-state index in [-0.39, 0.29) is 18.3 Å². The molecule has 28 heavy (non-hydrogen) atoms. The van der Waals surface area contributed by atoms with Crippen LogP contribution in [0.3, 0.4) is 0 Å². The van der Waals surface area contributed by atoms with E-state index in [0.717, 1.165) is 0 Å². The number of halogens is 3. The maximum absolute atomic E-state index is 12.2. The molecule has 0 unspecified atom stereocenters. The van der Waals surface area contributed by atoms with Crippen LogP contribution in [0.5, 0.6) is 5.75 Å². The Morgan fingerprint density at radius 2 is 1.82 bits per heavy atom. The molecule has 3 aromatic rings. The van der Waals surface area contributed by atoms with Gasteiger partial charge in [-0.1, -0.05) is 46.6 Å². The molecule has 0 aliphatic rings. The number of aromatic nitrogens is 3. The SMILES string of the molecule is Cn1c(COc2ccc(Cl)cc2)nnc1SCC(=O)Nc1cc(Cl)ccc1Cl. The molecule has 1 amide bonds. The van der Waals surface area contributed by atoms with Crippen molar-refractivity contribution in [3.63, 3.8) is 0 Å². The fraction of sp³-hybridized carbons (Fsp3) is 0.167. The highest BCUT2D eigenvalue weighted by Crippen LogP contribution is 2.26. The predicted molar refractivity (Wildman–Crippen MR) is 113 cm³/mol. The average molecular weight is 458 g/mol. The summed E-state index contributed by atoms with van der Waals surface area (Å²) in [5.41, 5.74) is 0.467. The van der Waals surface area contributed by atoms with Gasteiger partial charge in [-0.25, -0.2) is 0 Å². The average Bonchev–Trinajstić information content (AvgIpc) is 3.02. The number of thioether (sulfide) groups is 1. The zero-order chi connectivity index (χ0) is 20.1. The third kappa shape index (κ3) is 5.54. The molecular weight excluding hydrogens is 443 g/mol. The number of nitrogens with one attached hydrogen (secondary N) is 1. The van der Waals surface area contributed by atoms with Gasteiger partial charge in [0.2, 0.25) is 5.91 Å². The van der Waals surface area contributed by atoms with E-state index >= 15 is 0 Å². The minimum absolute atomic E-state index is 0.146. The standard InChI is InChI=1S/C18H15Cl3N4O2S/c1-25-16(9-27-13-5-2-11(19)3-6-13)23-24-18(25)28-10-17(26)22-15-8-12(20)4-7-14(15)21/h2-8H,9-10H2,1H3,(H,22,26). The predicted octanol–water partition coefficient (Wildman–Crippen LogP) is 5.09. The summed E-state index contributed by atoms with van der Waals surface area (Å²) in [6.07, 6.45) is 0. The Labute approximate surface area is 181 Å². The van der Waals surface area contributed by atoms with E-state index in [2.05, 4.69) is 15.5 Å². The second kappa shape index (κ2) is 9.52. The molecule has 0 saturated carbocycles. The van der Waals surface area contributed by atoms with Crippen molar-refractivity contribution in [1.29, 1.82) is 0 Å². The number of rotatable bonds is 7. The molecule has 3 rings (SSSR count). The van der Waals surface area contributed by atoms with Crippen LogP contribution in [0.15, 0.2) is 47.6 Å². The smallest absolute Gasteiger partial charge is 0.234 e. The molecule has 10 heteroatoms. The zero-order valence-corrected chi connectivity index (χ0v) is 17.7. The Balaban J connectivity index is 1.54. The highest BCUT2D eigenvalue weighted by Gasteiger charge is 2.13. The van der Waals surface area contributed by atoms with Gasteiger partial charge in [0.05, 0.1) is 16.5 Å². The number of anilines is 1. The molecular formula is C18H15Cl3N4O2S. The van der Waals surface area contributed by atoms with Crippen LogP contribution in [0, 0.1) is 0 Å². The number of ether oxygens (including phenoxy) is 1. The van der Waals surface area contributed by atoms with Crippen molar-refractivity contribution in [2.24, 2.45) is 7.05 Å². The van der Waals surface area contributed by atoms with Gasteiger partial charge in [0.25, 0.3) is 0 Å². The molecule has 0 bridgehead atoms. The lowest BCUT2D eigenvalue weighted by molar-refractivity contribution is -0.113. The summed E-state index contributed by atoms with van der Waals surface area (Å²) in [5.74, 6) is 1.23. The molecule has 146 valence electrons. The maximum atomic E-state index is 12.2. The van der Waals surface area contributed by atoms with Crippen molar-refractivity contribution < 1.29 is 9.53 Å². The lowest BCUT2D eigenvalue weighted by atomic mass is 10.3. The van der Waals surface area contributed by atoms with Crippen molar-refractivity contribution >= 4 is 58.2 Å². The minimum Gasteiger partial charge on any atom is -0.486 e. The summed E-state index contributed by atoms with van der Waals surface area (Å²) in [6.45, 7) is 0.246. The van der Waals surface area contributed by atoms with Gasteiger partial charge < -0.3 is 14.6 Å². The monoisotopic (exact) mass is 456 g/mol. The fourth-order valence-electron chi connectivity index (χ4n) is 2.18. The zero-order valence-electron chi connectivity index (χ0n) is 14.7. The molecule has 0 radical (unpaired) electrons. The van der Waals surface area contributed by atoms with Crippen LogP contribution in [0.1, 0.15) is 5.82 Å². The number of hydrogen-bond acceptors (Lipinski definition) is 5. The first-order valence-electron chi connectivity index (χ1n) is 8.06. The van der Waals surface area contributed by atoms with E-state index < -0.39 is 0 Å². The van der Waals surface area contributed by atoms with Crippen LogP contribution < -0.4 is 10.1 Å². The summed E-state index contributed by atoms with van der Waals surface area (Å²) in [5, 5.41) is 13.1. The number of nitrogens with zero attached hydrogens (tertiary/aromatic N) is 3. The van der Waals surface area contributed by atoms with Gasteiger partial charge >= 0.3 is 0 Å². The minimum atomic E-state index is -0.226. The van der Waals surface area contributed by atoms with Crippen LogP contribution in [0.4, 0.5) is 5.69 Å². The number of carbonyl (C=O) groups is 1. The Morgan fingerprint density at radius 3 is 2.57 bits per heavy atom. The van der Waals surface area contributed by atoms with Gasteiger partial charge in [0.1, 0.15) is 12.4 Å². The van der Waals surface area contributed by atoms with E-state index in [0.29, 0.717) is 37.5 Å². The van der Waals surface area contributed by atoms with Gasteiger partial charge in [-0.2, -0.15) is 0 Å². The molecule has 0 saturated heterocycles. The molecule has 1 N–H and O–H groups in total. The molecule has 0 aliphatic carbocycles. The Kier molecular flexibility index (Phi) is 7.07. The van der Waals surface area contributed by atoms with Gasteiger partial charge in [-0.15, -0.1) is 10.2 Å². The lowest BCUT2D eigenvalue weighted by Gasteiger charge is -2.08. The maximum Gasteiger partial charge on any atom is 0.234 e. The van der Waals surface area contributed by atoms with Gasteiger partial charge in [0.15, 0.2) is 11.0 Å². The van der Waals surface area contributed by atoms with Gasteiger partial charge in [-0.05, 0) is 42.5 Å². The molecule has 0 atom stereocenters. The summed E-state index contributed by atoms with van der Waals surface area (Å²) < 4.78 is 7.45. The molecule has 0 fully saturated rings. The van der Waals surface area contributed by atoms with Crippen molar-refractivity contribution in [3.8, 4) is 5.75 Å². The van der Waals surface area contributed by atoms with Crippen molar-refractivity contribution in [3.05, 3.63) is 63.4 Å². The number of carbonyl (C=O) groups excluding carboxylic acids is 1. The first-order chi connectivity index (χ1) is 13.4.